The molecule has 0 bridgehead atoms. The van der Waals surface area contributed by atoms with Gasteiger partial charge in [-0.3, -0.25) is 9.69 Å². The first-order chi connectivity index (χ1) is 10.2. The van der Waals surface area contributed by atoms with E-state index in [2.05, 4.69) is 0 Å². The summed E-state index contributed by atoms with van der Waals surface area (Å²) in [7, 11) is 0. The summed E-state index contributed by atoms with van der Waals surface area (Å²) in [5, 5.41) is 0. The van der Waals surface area contributed by atoms with Gasteiger partial charge in [0, 0.05) is 18.3 Å². The molecule has 1 aliphatic heterocycles. The summed E-state index contributed by atoms with van der Waals surface area (Å²) in [6, 6.07) is 1.69. The summed E-state index contributed by atoms with van der Waals surface area (Å²) in [5.41, 5.74) is 2.61. The van der Waals surface area contributed by atoms with Crippen molar-refractivity contribution in [2.45, 2.75) is 65.8 Å². The van der Waals surface area contributed by atoms with Crippen LogP contribution in [0, 0.1) is 12.8 Å². The Kier molecular flexibility index (Phi) is 3.54. The number of fused-ring (bicyclic) bond motifs is 1. The number of carbonyl (C=O) groups is 1. The van der Waals surface area contributed by atoms with Gasteiger partial charge in [-0.05, 0) is 57.6 Å². The van der Waals surface area contributed by atoms with Crippen LogP contribution in [-0.2, 0) is 24.4 Å². The molecular formula is C17H24N2O3. The van der Waals surface area contributed by atoms with Crippen molar-refractivity contribution in [1.82, 2.24) is 9.47 Å². The summed E-state index contributed by atoms with van der Waals surface area (Å²) in [5.74, 6) is 0.625. The van der Waals surface area contributed by atoms with Gasteiger partial charge < -0.3 is 9.30 Å². The molecule has 0 N–H and O–H groups in total. The van der Waals surface area contributed by atoms with E-state index in [4.69, 9.17) is 4.74 Å². The minimum atomic E-state index is -0.505. The van der Waals surface area contributed by atoms with Crippen molar-refractivity contribution >= 4 is 6.09 Å². The first kappa shape index (κ1) is 15.1. The molecule has 120 valence electrons. The normalized spacial score (nSPS) is 17.5. The molecule has 3 rings (SSSR count). The lowest BCUT2D eigenvalue weighted by atomic mass is 10.1. The number of nitrogens with zero attached hydrogens (tertiary/aromatic N) is 2. The second-order valence-electron chi connectivity index (χ2n) is 7.48. The molecule has 1 aromatic heterocycles. The summed E-state index contributed by atoms with van der Waals surface area (Å²) >= 11 is 0. The number of carbonyl (C=O) groups excluding carboxylic acids is 1. The highest BCUT2D eigenvalue weighted by atomic mass is 16.6. The Morgan fingerprint density at radius 3 is 2.59 bits per heavy atom. The van der Waals surface area contributed by atoms with Crippen LogP contribution in [0.25, 0.3) is 0 Å². The van der Waals surface area contributed by atoms with Crippen LogP contribution < -0.4 is 5.56 Å². The lowest BCUT2D eigenvalue weighted by Crippen LogP contribution is -2.33. The summed E-state index contributed by atoms with van der Waals surface area (Å²) in [4.78, 5) is 26.3. The fraction of sp³-hybridized carbons (Fsp3) is 0.647. The fourth-order valence-electron chi connectivity index (χ4n) is 2.91. The number of ether oxygens (including phenoxy) is 1. The molecule has 0 atom stereocenters. The Hall–Kier alpha value is -1.78. The molecule has 22 heavy (non-hydrogen) atoms. The maximum atomic E-state index is 12.3. The fourth-order valence-corrected chi connectivity index (χ4v) is 2.91. The predicted octanol–water partition coefficient (Wildman–Crippen LogP) is 2.82. The summed E-state index contributed by atoms with van der Waals surface area (Å²) in [6.45, 7) is 9.31. The minimum Gasteiger partial charge on any atom is -0.444 e. The van der Waals surface area contributed by atoms with Crippen molar-refractivity contribution in [3.63, 3.8) is 0 Å². The molecule has 1 saturated carbocycles. The lowest BCUT2D eigenvalue weighted by molar-refractivity contribution is 0.0239. The van der Waals surface area contributed by atoms with Crippen molar-refractivity contribution in [1.29, 1.82) is 0 Å². The topological polar surface area (TPSA) is 51.5 Å². The molecule has 0 unspecified atom stereocenters. The molecule has 1 aromatic rings. The average Bonchev–Trinajstić information content (AvgIpc) is 3.08. The molecular weight excluding hydrogens is 280 g/mol. The van der Waals surface area contributed by atoms with Crippen molar-refractivity contribution in [3.8, 4) is 0 Å². The molecule has 5 nitrogen and oxygen atoms in total. The number of rotatable bonds is 2. The Bertz CT molecular complexity index is 666. The van der Waals surface area contributed by atoms with Gasteiger partial charge in [-0.1, -0.05) is 0 Å². The maximum Gasteiger partial charge on any atom is 0.410 e. The van der Waals surface area contributed by atoms with E-state index in [9.17, 15) is 9.59 Å². The number of aromatic nitrogens is 1. The smallest absolute Gasteiger partial charge is 0.410 e. The zero-order chi connectivity index (χ0) is 16.1. The second-order valence-corrected chi connectivity index (χ2v) is 7.48. The highest BCUT2D eigenvalue weighted by Crippen LogP contribution is 2.32. The van der Waals surface area contributed by atoms with Crippen molar-refractivity contribution in [3.05, 3.63) is 33.2 Å². The quantitative estimate of drug-likeness (QED) is 0.844. The van der Waals surface area contributed by atoms with Crippen LogP contribution in [0.5, 0.6) is 0 Å². The molecule has 5 heteroatoms. The van der Waals surface area contributed by atoms with Gasteiger partial charge in [-0.15, -0.1) is 0 Å². The summed E-state index contributed by atoms with van der Waals surface area (Å²) in [6.07, 6.45) is 2.09. The van der Waals surface area contributed by atoms with Crippen LogP contribution in [0.1, 0.15) is 50.4 Å². The van der Waals surface area contributed by atoms with Crippen LogP contribution in [0.2, 0.25) is 0 Å². The molecule has 1 aliphatic carbocycles. The third kappa shape index (κ3) is 3.03. The zero-order valence-corrected chi connectivity index (χ0v) is 13.8. The SMILES string of the molecule is Cc1cc(=O)n(CC2CC2)c2c1CN(C(=O)OC(C)(C)C)C2. The first-order valence-electron chi connectivity index (χ1n) is 7.95. The number of hydrogen-bond donors (Lipinski definition) is 0. The average molecular weight is 304 g/mol. The number of aryl methyl sites for hydroxylation is 1. The monoisotopic (exact) mass is 304 g/mol. The third-order valence-electron chi connectivity index (χ3n) is 4.24. The second kappa shape index (κ2) is 5.14. The molecule has 0 radical (unpaired) electrons. The van der Waals surface area contributed by atoms with Gasteiger partial charge in [0.15, 0.2) is 0 Å². The first-order valence-corrected chi connectivity index (χ1v) is 7.95. The van der Waals surface area contributed by atoms with Gasteiger partial charge in [-0.2, -0.15) is 0 Å². The van der Waals surface area contributed by atoms with Gasteiger partial charge in [0.1, 0.15) is 5.60 Å². The molecule has 1 amide bonds. The molecule has 0 saturated heterocycles. The Morgan fingerprint density at radius 2 is 2.00 bits per heavy atom. The van der Waals surface area contributed by atoms with Crippen molar-refractivity contribution in [2.75, 3.05) is 0 Å². The molecule has 2 heterocycles. The molecule has 0 aromatic carbocycles. The van der Waals surface area contributed by atoms with Crippen LogP contribution in [0.3, 0.4) is 0 Å². The van der Waals surface area contributed by atoms with E-state index < -0.39 is 5.60 Å². The van der Waals surface area contributed by atoms with Gasteiger partial charge in [0.2, 0.25) is 0 Å². The Labute approximate surface area is 130 Å². The van der Waals surface area contributed by atoms with Crippen molar-refractivity contribution < 1.29 is 9.53 Å². The third-order valence-corrected chi connectivity index (χ3v) is 4.24. The number of amides is 1. The van der Waals surface area contributed by atoms with E-state index in [1.54, 1.807) is 11.0 Å². The Morgan fingerprint density at radius 1 is 1.32 bits per heavy atom. The summed E-state index contributed by atoms with van der Waals surface area (Å²) < 4.78 is 7.32. The highest BCUT2D eigenvalue weighted by Gasteiger charge is 2.32. The number of hydrogen-bond acceptors (Lipinski definition) is 3. The van der Waals surface area contributed by atoms with E-state index >= 15 is 0 Å². The molecule has 1 fully saturated rings. The largest absolute Gasteiger partial charge is 0.444 e. The van der Waals surface area contributed by atoms with E-state index in [-0.39, 0.29) is 11.7 Å². The van der Waals surface area contributed by atoms with E-state index in [0.717, 1.165) is 23.4 Å². The molecule has 0 spiro atoms. The standard InChI is InChI=1S/C17H24N2O3/c1-11-7-15(20)19(8-12-5-6-12)14-10-18(9-13(11)14)16(21)22-17(2,3)4/h7,12H,5-6,8-10H2,1-4H3. The maximum absolute atomic E-state index is 12.3. The van der Waals surface area contributed by atoms with E-state index in [1.807, 2.05) is 32.3 Å². The highest BCUT2D eigenvalue weighted by molar-refractivity contribution is 5.69. The predicted molar refractivity (Wildman–Crippen MR) is 83.6 cm³/mol. The van der Waals surface area contributed by atoms with E-state index in [1.165, 1.54) is 12.8 Å². The van der Waals surface area contributed by atoms with Crippen LogP contribution >= 0.6 is 0 Å². The van der Waals surface area contributed by atoms with Gasteiger partial charge >= 0.3 is 6.09 Å². The number of pyridine rings is 1. The van der Waals surface area contributed by atoms with Crippen LogP contribution in [0.15, 0.2) is 10.9 Å². The van der Waals surface area contributed by atoms with Crippen LogP contribution in [0.4, 0.5) is 4.79 Å². The van der Waals surface area contributed by atoms with Gasteiger partial charge in [0.25, 0.3) is 5.56 Å². The van der Waals surface area contributed by atoms with Gasteiger partial charge in [-0.25, -0.2) is 4.79 Å². The molecule has 2 aliphatic rings. The minimum absolute atomic E-state index is 0.0502. The zero-order valence-electron chi connectivity index (χ0n) is 13.8. The van der Waals surface area contributed by atoms with Gasteiger partial charge in [0.05, 0.1) is 13.1 Å². The van der Waals surface area contributed by atoms with Crippen LogP contribution in [-0.4, -0.2) is 21.2 Å². The van der Waals surface area contributed by atoms with E-state index in [0.29, 0.717) is 19.0 Å². The lowest BCUT2D eigenvalue weighted by Gasteiger charge is -2.24. The van der Waals surface area contributed by atoms with Crippen molar-refractivity contribution in [2.24, 2.45) is 5.92 Å². The Balaban J connectivity index is 1.86.